The molecule has 0 unspecified atom stereocenters. The lowest BCUT2D eigenvalue weighted by Crippen LogP contribution is -2.46. The van der Waals surface area contributed by atoms with E-state index in [2.05, 4.69) is 23.6 Å². The number of carbonyl (C=O) groups is 1. The first-order valence-corrected chi connectivity index (χ1v) is 7.85. The molecular formula is C15H30N2O2. The van der Waals surface area contributed by atoms with Crippen LogP contribution in [0.25, 0.3) is 0 Å². The summed E-state index contributed by atoms with van der Waals surface area (Å²) in [4.78, 5) is 16.6. The lowest BCUT2D eigenvalue weighted by Gasteiger charge is -2.35. The van der Waals surface area contributed by atoms with Gasteiger partial charge in [0.2, 0.25) is 5.91 Å². The number of amides is 1. The van der Waals surface area contributed by atoms with Crippen LogP contribution in [0.4, 0.5) is 0 Å². The average Bonchev–Trinajstić information content (AvgIpc) is 2.41. The van der Waals surface area contributed by atoms with E-state index in [0.717, 1.165) is 32.4 Å². The Kier molecular flexibility index (Phi) is 8.07. The topological polar surface area (TPSA) is 43.8 Å². The zero-order valence-electron chi connectivity index (χ0n) is 12.6. The van der Waals surface area contributed by atoms with E-state index in [1.165, 1.54) is 19.3 Å². The molecule has 112 valence electrons. The quantitative estimate of drug-likeness (QED) is 0.732. The summed E-state index contributed by atoms with van der Waals surface area (Å²) in [5.74, 6) is 0.233. The third-order valence-corrected chi connectivity index (χ3v) is 3.99. The van der Waals surface area contributed by atoms with Crippen molar-refractivity contribution in [1.82, 2.24) is 9.80 Å². The first-order valence-electron chi connectivity index (χ1n) is 7.85. The van der Waals surface area contributed by atoms with Crippen LogP contribution < -0.4 is 0 Å². The van der Waals surface area contributed by atoms with Gasteiger partial charge in [0.05, 0.1) is 13.2 Å². The van der Waals surface area contributed by atoms with Crippen LogP contribution in [0.3, 0.4) is 0 Å². The van der Waals surface area contributed by atoms with Crippen LogP contribution >= 0.6 is 0 Å². The van der Waals surface area contributed by atoms with Crippen molar-refractivity contribution >= 4 is 5.91 Å². The molecule has 1 saturated carbocycles. The molecule has 0 aromatic heterocycles. The van der Waals surface area contributed by atoms with Crippen molar-refractivity contribution < 1.29 is 9.90 Å². The molecule has 0 atom stereocenters. The van der Waals surface area contributed by atoms with E-state index in [1.54, 1.807) is 0 Å². The molecule has 0 aliphatic heterocycles. The predicted octanol–water partition coefficient (Wildman–Crippen LogP) is 1.87. The summed E-state index contributed by atoms with van der Waals surface area (Å²) in [5, 5.41) is 9.05. The van der Waals surface area contributed by atoms with E-state index in [-0.39, 0.29) is 12.5 Å². The predicted molar refractivity (Wildman–Crippen MR) is 78.1 cm³/mol. The number of hydrogen-bond donors (Lipinski definition) is 1. The van der Waals surface area contributed by atoms with Gasteiger partial charge < -0.3 is 10.0 Å². The minimum atomic E-state index is 0.128. The number of aliphatic hydroxyl groups is 1. The minimum absolute atomic E-state index is 0.128. The Bertz CT molecular complexity index is 247. The molecule has 0 aromatic carbocycles. The number of likely N-dealkylation sites (N-methyl/N-ethyl adjacent to an activating group) is 1. The summed E-state index contributed by atoms with van der Waals surface area (Å²) in [6, 6.07) is 0.448. The first-order chi connectivity index (χ1) is 9.22. The Hall–Kier alpha value is -0.610. The standard InChI is InChI=1S/C15H30N2O2/c1-3-10-16(11-12-18)13-15(19)17(4-2)14-8-6-5-7-9-14/h14,18H,3-13H2,1-2H3. The third kappa shape index (κ3) is 5.49. The second-order valence-corrected chi connectivity index (χ2v) is 5.47. The summed E-state index contributed by atoms with van der Waals surface area (Å²) in [5.41, 5.74) is 0. The lowest BCUT2D eigenvalue weighted by molar-refractivity contribution is -0.135. The Labute approximate surface area is 117 Å². The molecule has 1 aliphatic carbocycles. The Morgan fingerprint density at radius 3 is 2.37 bits per heavy atom. The van der Waals surface area contributed by atoms with Gasteiger partial charge in [0.25, 0.3) is 0 Å². The van der Waals surface area contributed by atoms with Gasteiger partial charge in [0.1, 0.15) is 0 Å². The number of rotatable bonds is 8. The van der Waals surface area contributed by atoms with E-state index >= 15 is 0 Å². The van der Waals surface area contributed by atoms with Gasteiger partial charge >= 0.3 is 0 Å². The van der Waals surface area contributed by atoms with E-state index in [9.17, 15) is 4.79 Å². The van der Waals surface area contributed by atoms with Crippen molar-refractivity contribution in [3.8, 4) is 0 Å². The van der Waals surface area contributed by atoms with Gasteiger partial charge in [-0.1, -0.05) is 26.2 Å². The highest BCUT2D eigenvalue weighted by Gasteiger charge is 2.24. The van der Waals surface area contributed by atoms with Gasteiger partial charge in [-0.05, 0) is 32.7 Å². The van der Waals surface area contributed by atoms with E-state index in [0.29, 0.717) is 19.1 Å². The molecule has 1 aliphatic rings. The van der Waals surface area contributed by atoms with Gasteiger partial charge in [-0.25, -0.2) is 0 Å². The Morgan fingerprint density at radius 2 is 1.84 bits per heavy atom. The van der Waals surface area contributed by atoms with Crippen molar-refractivity contribution in [1.29, 1.82) is 0 Å². The zero-order chi connectivity index (χ0) is 14.1. The highest BCUT2D eigenvalue weighted by molar-refractivity contribution is 5.78. The molecule has 1 rings (SSSR count). The molecule has 0 spiro atoms. The van der Waals surface area contributed by atoms with Crippen molar-refractivity contribution in [3.05, 3.63) is 0 Å². The second-order valence-electron chi connectivity index (χ2n) is 5.47. The molecule has 1 amide bonds. The molecule has 0 aromatic rings. The fourth-order valence-corrected chi connectivity index (χ4v) is 3.04. The number of hydrogen-bond acceptors (Lipinski definition) is 3. The molecule has 0 heterocycles. The van der Waals surface area contributed by atoms with Crippen molar-refractivity contribution in [2.45, 2.75) is 58.4 Å². The van der Waals surface area contributed by atoms with Gasteiger partial charge in [-0.15, -0.1) is 0 Å². The highest BCUT2D eigenvalue weighted by Crippen LogP contribution is 2.22. The highest BCUT2D eigenvalue weighted by atomic mass is 16.3. The molecule has 0 bridgehead atoms. The fraction of sp³-hybridized carbons (Fsp3) is 0.933. The summed E-state index contributed by atoms with van der Waals surface area (Å²) >= 11 is 0. The van der Waals surface area contributed by atoms with Crippen LogP contribution in [0.2, 0.25) is 0 Å². The van der Waals surface area contributed by atoms with Crippen LogP contribution in [0.15, 0.2) is 0 Å². The smallest absolute Gasteiger partial charge is 0.236 e. The summed E-state index contributed by atoms with van der Waals surface area (Å²) < 4.78 is 0. The maximum absolute atomic E-state index is 12.4. The molecule has 4 nitrogen and oxygen atoms in total. The minimum Gasteiger partial charge on any atom is -0.395 e. The molecule has 1 N–H and O–H groups in total. The third-order valence-electron chi connectivity index (χ3n) is 3.99. The molecule has 19 heavy (non-hydrogen) atoms. The van der Waals surface area contributed by atoms with Crippen molar-refractivity contribution in [3.63, 3.8) is 0 Å². The van der Waals surface area contributed by atoms with Crippen molar-refractivity contribution in [2.75, 3.05) is 32.8 Å². The fourth-order valence-electron chi connectivity index (χ4n) is 3.04. The monoisotopic (exact) mass is 270 g/mol. The largest absolute Gasteiger partial charge is 0.395 e. The molecule has 1 fully saturated rings. The molecule has 0 radical (unpaired) electrons. The van der Waals surface area contributed by atoms with E-state index < -0.39 is 0 Å². The SMILES string of the molecule is CCCN(CCO)CC(=O)N(CC)C1CCCCC1. The van der Waals surface area contributed by atoms with Gasteiger partial charge in [-0.2, -0.15) is 0 Å². The van der Waals surface area contributed by atoms with Crippen LogP contribution in [0.5, 0.6) is 0 Å². The maximum Gasteiger partial charge on any atom is 0.236 e. The van der Waals surface area contributed by atoms with Gasteiger partial charge in [-0.3, -0.25) is 9.69 Å². The number of nitrogens with zero attached hydrogens (tertiary/aromatic N) is 2. The maximum atomic E-state index is 12.4. The summed E-state index contributed by atoms with van der Waals surface area (Å²) in [6.07, 6.45) is 7.16. The molecular weight excluding hydrogens is 240 g/mol. The van der Waals surface area contributed by atoms with Crippen LogP contribution in [-0.4, -0.2) is 59.6 Å². The summed E-state index contributed by atoms with van der Waals surface area (Å²) in [7, 11) is 0. The van der Waals surface area contributed by atoms with Crippen LogP contribution in [0, 0.1) is 0 Å². The van der Waals surface area contributed by atoms with Gasteiger partial charge in [0.15, 0.2) is 0 Å². The number of aliphatic hydroxyl groups excluding tert-OH is 1. The van der Waals surface area contributed by atoms with Crippen molar-refractivity contribution in [2.24, 2.45) is 0 Å². The zero-order valence-corrected chi connectivity index (χ0v) is 12.6. The van der Waals surface area contributed by atoms with Crippen LogP contribution in [0.1, 0.15) is 52.4 Å². The normalized spacial score (nSPS) is 16.8. The Balaban J connectivity index is 2.51. The summed E-state index contributed by atoms with van der Waals surface area (Å²) in [6.45, 7) is 7.05. The first kappa shape index (κ1) is 16.4. The Morgan fingerprint density at radius 1 is 1.16 bits per heavy atom. The average molecular weight is 270 g/mol. The van der Waals surface area contributed by atoms with E-state index in [4.69, 9.17) is 5.11 Å². The van der Waals surface area contributed by atoms with Gasteiger partial charge in [0, 0.05) is 19.1 Å². The number of carbonyl (C=O) groups excluding carboxylic acids is 1. The lowest BCUT2D eigenvalue weighted by atomic mass is 9.94. The second kappa shape index (κ2) is 9.32. The van der Waals surface area contributed by atoms with Crippen LogP contribution in [-0.2, 0) is 4.79 Å². The molecule has 0 saturated heterocycles. The van der Waals surface area contributed by atoms with E-state index in [1.807, 2.05) is 0 Å². The molecule has 4 heteroatoms.